The van der Waals surface area contributed by atoms with Crippen LogP contribution in [0.3, 0.4) is 0 Å². The lowest BCUT2D eigenvalue weighted by atomic mass is 10.2. The van der Waals surface area contributed by atoms with Gasteiger partial charge in [0.05, 0.1) is 11.9 Å². The Hall–Kier alpha value is -3.00. The van der Waals surface area contributed by atoms with Crippen LogP contribution in [0.25, 0.3) is 16.7 Å². The molecule has 0 amide bonds. The number of aromatic amines is 1. The van der Waals surface area contributed by atoms with Crippen molar-refractivity contribution in [3.8, 4) is 5.69 Å². The Labute approximate surface area is 150 Å². The van der Waals surface area contributed by atoms with Crippen molar-refractivity contribution >= 4 is 22.8 Å². The summed E-state index contributed by atoms with van der Waals surface area (Å²) in [7, 11) is 0. The molecule has 0 spiro atoms. The lowest BCUT2D eigenvalue weighted by Crippen LogP contribution is -2.10. The van der Waals surface area contributed by atoms with Crippen LogP contribution in [0, 0.1) is 11.6 Å². The third-order valence-electron chi connectivity index (χ3n) is 3.81. The van der Waals surface area contributed by atoms with Crippen molar-refractivity contribution in [2.24, 2.45) is 0 Å². The van der Waals surface area contributed by atoms with E-state index in [1.54, 1.807) is 4.68 Å². The van der Waals surface area contributed by atoms with E-state index in [2.05, 4.69) is 15.1 Å². The van der Waals surface area contributed by atoms with Crippen molar-refractivity contribution in [1.29, 1.82) is 0 Å². The average Bonchev–Trinajstić information content (AvgIpc) is 3.08. The zero-order valence-electron chi connectivity index (χ0n) is 13.3. The number of thioether (sulfide) groups is 1. The van der Waals surface area contributed by atoms with Crippen LogP contribution >= 0.6 is 11.8 Å². The second-order valence-electron chi connectivity index (χ2n) is 5.50. The van der Waals surface area contributed by atoms with Gasteiger partial charge in [0.25, 0.3) is 5.56 Å². The fraction of sp³-hybridized carbons (Fsp3) is 0.0556. The highest BCUT2D eigenvalue weighted by atomic mass is 32.2. The molecule has 2 aromatic carbocycles. The molecule has 4 rings (SSSR count). The first-order chi connectivity index (χ1) is 12.6. The highest BCUT2D eigenvalue weighted by Gasteiger charge is 2.13. The van der Waals surface area contributed by atoms with Crippen LogP contribution in [0.5, 0.6) is 0 Å². The summed E-state index contributed by atoms with van der Waals surface area (Å²) >= 11 is 1.12. The molecule has 0 radical (unpaired) electrons. The van der Waals surface area contributed by atoms with E-state index in [4.69, 9.17) is 0 Å². The topological polar surface area (TPSA) is 63.6 Å². The van der Waals surface area contributed by atoms with Gasteiger partial charge in [0, 0.05) is 11.3 Å². The van der Waals surface area contributed by atoms with Gasteiger partial charge >= 0.3 is 0 Å². The summed E-state index contributed by atoms with van der Waals surface area (Å²) in [4.78, 5) is 19.4. The number of nitrogens with one attached hydrogen (secondary N) is 1. The maximum atomic E-state index is 13.8. The molecule has 8 heteroatoms. The van der Waals surface area contributed by atoms with E-state index in [-0.39, 0.29) is 16.9 Å². The van der Waals surface area contributed by atoms with Gasteiger partial charge in [-0.15, -0.1) is 0 Å². The Balaban J connectivity index is 1.70. The van der Waals surface area contributed by atoms with Crippen LogP contribution in [0.4, 0.5) is 8.78 Å². The predicted molar refractivity (Wildman–Crippen MR) is 95.4 cm³/mol. The molecule has 0 aliphatic heterocycles. The lowest BCUT2D eigenvalue weighted by Gasteiger charge is -2.05. The molecule has 2 aromatic heterocycles. The minimum Gasteiger partial charge on any atom is -0.301 e. The van der Waals surface area contributed by atoms with E-state index < -0.39 is 11.6 Å². The van der Waals surface area contributed by atoms with Crippen LogP contribution in [0.15, 0.2) is 64.7 Å². The fourth-order valence-corrected chi connectivity index (χ4v) is 3.36. The van der Waals surface area contributed by atoms with Gasteiger partial charge < -0.3 is 4.98 Å². The quantitative estimate of drug-likeness (QED) is 0.440. The van der Waals surface area contributed by atoms with E-state index in [9.17, 15) is 13.6 Å². The van der Waals surface area contributed by atoms with Gasteiger partial charge in [-0.1, -0.05) is 42.1 Å². The van der Waals surface area contributed by atoms with Crippen LogP contribution in [-0.4, -0.2) is 19.7 Å². The number of benzene rings is 2. The molecule has 0 atom stereocenters. The Morgan fingerprint density at radius 1 is 1.08 bits per heavy atom. The number of fused-ring (bicyclic) bond motifs is 1. The van der Waals surface area contributed by atoms with Crippen molar-refractivity contribution in [2.45, 2.75) is 10.9 Å². The normalized spacial score (nSPS) is 11.2. The van der Waals surface area contributed by atoms with E-state index in [0.29, 0.717) is 16.2 Å². The van der Waals surface area contributed by atoms with E-state index in [0.717, 1.165) is 23.5 Å². The molecule has 0 unspecified atom stereocenters. The van der Waals surface area contributed by atoms with Gasteiger partial charge in [0.15, 0.2) is 22.4 Å². The average molecular weight is 370 g/mol. The van der Waals surface area contributed by atoms with Crippen molar-refractivity contribution < 1.29 is 8.78 Å². The summed E-state index contributed by atoms with van der Waals surface area (Å²) in [5.41, 5.74) is 1.04. The van der Waals surface area contributed by atoms with Gasteiger partial charge in [-0.25, -0.2) is 18.4 Å². The zero-order valence-corrected chi connectivity index (χ0v) is 14.1. The van der Waals surface area contributed by atoms with E-state index in [1.807, 2.05) is 30.3 Å². The molecule has 130 valence electrons. The molecule has 0 saturated heterocycles. The van der Waals surface area contributed by atoms with Gasteiger partial charge in [0.1, 0.15) is 5.39 Å². The third kappa shape index (κ3) is 2.99. The number of para-hydroxylation sites is 1. The van der Waals surface area contributed by atoms with Gasteiger partial charge in [-0.05, 0) is 18.2 Å². The second kappa shape index (κ2) is 6.72. The molecular formula is C18H12F2N4OS. The summed E-state index contributed by atoms with van der Waals surface area (Å²) < 4.78 is 28.7. The van der Waals surface area contributed by atoms with Gasteiger partial charge in [-0.3, -0.25) is 4.79 Å². The number of hydrogen-bond donors (Lipinski definition) is 1. The minimum atomic E-state index is -0.901. The first kappa shape index (κ1) is 16.5. The number of aromatic nitrogens is 4. The summed E-state index contributed by atoms with van der Waals surface area (Å²) in [6, 6.07) is 13.3. The molecule has 1 N–H and O–H groups in total. The Kier molecular flexibility index (Phi) is 4.26. The molecule has 0 saturated carbocycles. The molecule has 0 bridgehead atoms. The molecule has 2 heterocycles. The number of halogens is 2. The summed E-state index contributed by atoms with van der Waals surface area (Å²) in [6.45, 7) is 0. The molecule has 5 nitrogen and oxygen atoms in total. The van der Waals surface area contributed by atoms with Gasteiger partial charge in [-0.2, -0.15) is 5.10 Å². The lowest BCUT2D eigenvalue weighted by molar-refractivity contribution is 0.502. The van der Waals surface area contributed by atoms with Gasteiger partial charge in [0.2, 0.25) is 0 Å². The number of rotatable bonds is 4. The summed E-state index contributed by atoms with van der Waals surface area (Å²) in [6.07, 6.45) is 1.45. The zero-order chi connectivity index (χ0) is 18.1. The highest BCUT2D eigenvalue weighted by molar-refractivity contribution is 7.98. The first-order valence-electron chi connectivity index (χ1n) is 7.72. The maximum Gasteiger partial charge on any atom is 0.262 e. The molecule has 0 aliphatic rings. The fourth-order valence-electron chi connectivity index (χ4n) is 2.53. The van der Waals surface area contributed by atoms with Crippen molar-refractivity contribution in [3.05, 3.63) is 82.3 Å². The second-order valence-corrected chi connectivity index (χ2v) is 6.47. The number of hydrogen-bond acceptors (Lipinski definition) is 4. The number of H-pyrrole nitrogens is 1. The monoisotopic (exact) mass is 370 g/mol. The van der Waals surface area contributed by atoms with Crippen LogP contribution in [0.1, 0.15) is 5.56 Å². The SMILES string of the molecule is O=c1[nH]c(SCc2cccc(F)c2F)nc2c1cnn2-c1ccccc1. The standard InChI is InChI=1S/C18H12F2N4OS/c19-14-8-4-5-11(15(14)20)10-26-18-22-16-13(17(25)23-18)9-21-24(16)12-6-2-1-3-7-12/h1-9H,10H2,(H,22,23,25). The Morgan fingerprint density at radius 2 is 1.88 bits per heavy atom. The smallest absolute Gasteiger partial charge is 0.262 e. The number of nitrogens with zero attached hydrogens (tertiary/aromatic N) is 3. The summed E-state index contributed by atoms with van der Waals surface area (Å²) in [5.74, 6) is -1.66. The maximum absolute atomic E-state index is 13.8. The van der Waals surface area contributed by atoms with E-state index in [1.165, 1.54) is 18.3 Å². The van der Waals surface area contributed by atoms with E-state index >= 15 is 0 Å². The Morgan fingerprint density at radius 3 is 2.69 bits per heavy atom. The molecule has 4 aromatic rings. The first-order valence-corrected chi connectivity index (χ1v) is 8.71. The van der Waals surface area contributed by atoms with Crippen LogP contribution < -0.4 is 5.56 Å². The summed E-state index contributed by atoms with van der Waals surface area (Å²) in [5, 5.41) is 4.89. The van der Waals surface area contributed by atoms with Crippen LogP contribution in [0.2, 0.25) is 0 Å². The Bertz CT molecular complexity index is 1140. The molecule has 0 aliphatic carbocycles. The molecular weight excluding hydrogens is 358 g/mol. The predicted octanol–water partition coefficient (Wildman–Crippen LogP) is 3.68. The van der Waals surface area contributed by atoms with Crippen LogP contribution in [-0.2, 0) is 5.75 Å². The minimum absolute atomic E-state index is 0.136. The van der Waals surface area contributed by atoms with Crippen molar-refractivity contribution in [2.75, 3.05) is 0 Å². The molecule has 0 fully saturated rings. The largest absolute Gasteiger partial charge is 0.301 e. The third-order valence-corrected chi connectivity index (χ3v) is 4.74. The van der Waals surface area contributed by atoms with Crippen molar-refractivity contribution in [3.63, 3.8) is 0 Å². The van der Waals surface area contributed by atoms with Crippen molar-refractivity contribution in [1.82, 2.24) is 19.7 Å². The molecule has 26 heavy (non-hydrogen) atoms. The highest BCUT2D eigenvalue weighted by Crippen LogP contribution is 2.23.